The minimum Gasteiger partial charge on any atom is -0.376 e. The van der Waals surface area contributed by atoms with E-state index in [-0.39, 0.29) is 17.4 Å². The van der Waals surface area contributed by atoms with Crippen molar-refractivity contribution in [3.63, 3.8) is 0 Å². The number of benzene rings is 1. The molecule has 1 fully saturated rings. The number of ether oxygens (including phenoxy) is 1. The number of thiophene rings is 1. The van der Waals surface area contributed by atoms with Crippen molar-refractivity contribution in [2.75, 3.05) is 17.7 Å². The van der Waals surface area contributed by atoms with E-state index in [0.717, 1.165) is 53.6 Å². The fraction of sp³-hybridized carbons (Fsp3) is 0.409. The van der Waals surface area contributed by atoms with Crippen molar-refractivity contribution in [2.24, 2.45) is 0 Å². The summed E-state index contributed by atoms with van der Waals surface area (Å²) in [6.07, 6.45) is 2.43. The number of carbonyl (C=O) groups excluding carboxylic acids is 1. The van der Waals surface area contributed by atoms with E-state index >= 15 is 0 Å². The average Bonchev–Trinajstić information content (AvgIpc) is 3.38. The van der Waals surface area contributed by atoms with Gasteiger partial charge in [-0.25, -0.2) is 13.8 Å². The molecule has 1 unspecified atom stereocenters. The summed E-state index contributed by atoms with van der Waals surface area (Å²) in [7, 11) is 0. The SMILES string of the molecule is CCc1c(C)sc2nc(SCC(=O)Nc3c(F)cccc3F)n(CC3CCCO3)c(=O)c12. The molecule has 1 atom stereocenters. The number of hydrogen-bond acceptors (Lipinski definition) is 6. The first-order valence-corrected chi connectivity index (χ1v) is 12.2. The van der Waals surface area contributed by atoms with Crippen LogP contribution in [0.15, 0.2) is 28.2 Å². The van der Waals surface area contributed by atoms with Crippen LogP contribution < -0.4 is 10.9 Å². The van der Waals surface area contributed by atoms with Crippen molar-refractivity contribution < 1.29 is 18.3 Å². The van der Waals surface area contributed by atoms with E-state index in [9.17, 15) is 18.4 Å². The molecule has 3 heterocycles. The van der Waals surface area contributed by atoms with Gasteiger partial charge < -0.3 is 10.1 Å². The largest absolute Gasteiger partial charge is 0.376 e. The summed E-state index contributed by atoms with van der Waals surface area (Å²) in [5.74, 6) is -2.44. The summed E-state index contributed by atoms with van der Waals surface area (Å²) < 4.78 is 35.0. The Bertz CT molecular complexity index is 1200. The molecule has 6 nitrogen and oxygen atoms in total. The first-order valence-electron chi connectivity index (χ1n) is 10.4. The lowest BCUT2D eigenvalue weighted by molar-refractivity contribution is -0.113. The van der Waals surface area contributed by atoms with Gasteiger partial charge in [0.1, 0.15) is 22.2 Å². The summed E-state index contributed by atoms with van der Waals surface area (Å²) in [4.78, 5) is 32.2. The molecule has 0 saturated carbocycles. The first-order chi connectivity index (χ1) is 15.4. The van der Waals surface area contributed by atoms with Gasteiger partial charge in [0.25, 0.3) is 5.56 Å². The maximum Gasteiger partial charge on any atom is 0.263 e. The highest BCUT2D eigenvalue weighted by Gasteiger charge is 2.23. The van der Waals surface area contributed by atoms with E-state index in [4.69, 9.17) is 4.74 Å². The number of amides is 1. The van der Waals surface area contributed by atoms with E-state index in [1.54, 1.807) is 4.57 Å². The zero-order valence-electron chi connectivity index (χ0n) is 17.7. The Balaban J connectivity index is 1.63. The molecule has 32 heavy (non-hydrogen) atoms. The number of anilines is 1. The van der Waals surface area contributed by atoms with E-state index < -0.39 is 23.2 Å². The van der Waals surface area contributed by atoms with Crippen LogP contribution in [-0.4, -0.2) is 33.9 Å². The molecule has 0 spiro atoms. The Kier molecular flexibility index (Phi) is 6.92. The van der Waals surface area contributed by atoms with E-state index in [1.807, 2.05) is 13.8 Å². The Morgan fingerprint density at radius 1 is 1.38 bits per heavy atom. The van der Waals surface area contributed by atoms with Crippen molar-refractivity contribution in [3.8, 4) is 0 Å². The van der Waals surface area contributed by atoms with Gasteiger partial charge >= 0.3 is 0 Å². The Morgan fingerprint density at radius 2 is 2.12 bits per heavy atom. The lowest BCUT2D eigenvalue weighted by Crippen LogP contribution is -2.29. The molecule has 1 amide bonds. The van der Waals surface area contributed by atoms with Gasteiger partial charge in [0.15, 0.2) is 5.16 Å². The van der Waals surface area contributed by atoms with Gasteiger partial charge in [-0.1, -0.05) is 24.8 Å². The van der Waals surface area contributed by atoms with Crippen LogP contribution in [0.1, 0.15) is 30.2 Å². The summed E-state index contributed by atoms with van der Waals surface area (Å²) in [5, 5.41) is 3.28. The van der Waals surface area contributed by atoms with Crippen LogP contribution in [-0.2, 0) is 22.5 Å². The molecular formula is C22H23F2N3O3S2. The van der Waals surface area contributed by atoms with Crippen molar-refractivity contribution in [1.29, 1.82) is 0 Å². The van der Waals surface area contributed by atoms with Crippen molar-refractivity contribution in [1.82, 2.24) is 9.55 Å². The maximum atomic E-state index is 13.8. The van der Waals surface area contributed by atoms with Crippen LogP contribution >= 0.6 is 23.1 Å². The van der Waals surface area contributed by atoms with Crippen LogP contribution in [0.5, 0.6) is 0 Å². The van der Waals surface area contributed by atoms with Crippen LogP contribution in [0.25, 0.3) is 10.2 Å². The van der Waals surface area contributed by atoms with Gasteiger partial charge in [0.05, 0.1) is 23.8 Å². The minimum absolute atomic E-state index is 0.0857. The Labute approximate surface area is 192 Å². The molecule has 1 N–H and O–H groups in total. The predicted molar refractivity (Wildman–Crippen MR) is 123 cm³/mol. The predicted octanol–water partition coefficient (Wildman–Crippen LogP) is 4.52. The summed E-state index contributed by atoms with van der Waals surface area (Å²) in [5.41, 5.74) is 0.363. The number of para-hydroxylation sites is 1. The van der Waals surface area contributed by atoms with Crippen LogP contribution in [0.2, 0.25) is 0 Å². The van der Waals surface area contributed by atoms with Gasteiger partial charge in [-0.3, -0.25) is 14.2 Å². The molecule has 1 aliphatic heterocycles. The normalized spacial score (nSPS) is 16.1. The molecular weight excluding hydrogens is 456 g/mol. The zero-order valence-corrected chi connectivity index (χ0v) is 19.4. The van der Waals surface area contributed by atoms with Crippen LogP contribution in [0, 0.1) is 18.6 Å². The number of rotatable bonds is 7. The van der Waals surface area contributed by atoms with Crippen LogP contribution in [0.4, 0.5) is 14.5 Å². The first kappa shape index (κ1) is 22.9. The Hall–Kier alpha value is -2.30. The lowest BCUT2D eigenvalue weighted by atomic mass is 10.1. The number of hydrogen-bond donors (Lipinski definition) is 1. The molecule has 1 aliphatic rings. The molecule has 3 aromatic rings. The van der Waals surface area contributed by atoms with Crippen LogP contribution in [0.3, 0.4) is 0 Å². The number of thioether (sulfide) groups is 1. The molecule has 1 saturated heterocycles. The lowest BCUT2D eigenvalue weighted by Gasteiger charge is -2.16. The minimum atomic E-state index is -0.848. The third kappa shape index (κ3) is 4.57. The second kappa shape index (κ2) is 9.68. The molecule has 2 aromatic heterocycles. The third-order valence-corrected chi connectivity index (χ3v) is 7.42. The highest BCUT2D eigenvalue weighted by atomic mass is 32.2. The number of nitrogens with one attached hydrogen (secondary N) is 1. The number of fused-ring (bicyclic) bond motifs is 1. The monoisotopic (exact) mass is 479 g/mol. The van der Waals surface area contributed by atoms with Gasteiger partial charge in [-0.2, -0.15) is 0 Å². The van der Waals surface area contributed by atoms with Gasteiger partial charge in [-0.15, -0.1) is 11.3 Å². The smallest absolute Gasteiger partial charge is 0.263 e. The highest BCUT2D eigenvalue weighted by molar-refractivity contribution is 7.99. The maximum absolute atomic E-state index is 13.8. The van der Waals surface area contributed by atoms with Crippen molar-refractivity contribution in [2.45, 2.75) is 50.9 Å². The number of halogens is 2. The summed E-state index contributed by atoms with van der Waals surface area (Å²) >= 11 is 2.52. The molecule has 170 valence electrons. The van der Waals surface area contributed by atoms with Crippen molar-refractivity contribution in [3.05, 3.63) is 50.6 Å². The second-order valence-electron chi connectivity index (χ2n) is 7.55. The second-order valence-corrected chi connectivity index (χ2v) is 9.69. The van der Waals surface area contributed by atoms with E-state index in [1.165, 1.54) is 17.4 Å². The zero-order chi connectivity index (χ0) is 22.8. The fourth-order valence-corrected chi connectivity index (χ4v) is 5.81. The Morgan fingerprint density at radius 3 is 2.78 bits per heavy atom. The van der Waals surface area contributed by atoms with Gasteiger partial charge in [-0.05, 0) is 43.9 Å². The number of aromatic nitrogens is 2. The number of nitrogens with zero attached hydrogens (tertiary/aromatic N) is 2. The van der Waals surface area contributed by atoms with Gasteiger partial charge in [0.2, 0.25) is 5.91 Å². The summed E-state index contributed by atoms with van der Waals surface area (Å²) in [6, 6.07) is 3.38. The highest BCUT2D eigenvalue weighted by Crippen LogP contribution is 2.30. The van der Waals surface area contributed by atoms with Crippen molar-refractivity contribution >= 4 is 44.9 Å². The van der Waals surface area contributed by atoms with E-state index in [0.29, 0.717) is 28.5 Å². The topological polar surface area (TPSA) is 73.2 Å². The average molecular weight is 480 g/mol. The van der Waals surface area contributed by atoms with E-state index in [2.05, 4.69) is 10.3 Å². The van der Waals surface area contributed by atoms with Gasteiger partial charge in [0, 0.05) is 11.5 Å². The number of aryl methyl sites for hydroxylation is 2. The third-order valence-electron chi connectivity index (χ3n) is 5.40. The molecule has 4 rings (SSSR count). The molecule has 0 radical (unpaired) electrons. The molecule has 1 aromatic carbocycles. The summed E-state index contributed by atoms with van der Waals surface area (Å²) in [6.45, 7) is 4.99. The quantitative estimate of drug-likeness (QED) is 0.399. The standard InChI is InChI=1S/C22H23F2N3O3S2/c1-3-14-12(2)32-20-18(14)21(29)27(10-13-6-5-9-30-13)22(26-20)31-11-17(28)25-19-15(23)7-4-8-16(19)24/h4,7-8,13H,3,5-6,9-11H2,1-2H3,(H,25,28). The molecule has 0 aliphatic carbocycles. The molecule has 10 heteroatoms. The number of carbonyl (C=O) groups is 1. The molecule has 0 bridgehead atoms. The fourth-order valence-electron chi connectivity index (χ4n) is 3.84.